The largest absolute Gasteiger partial charge is 0.493 e. The Morgan fingerprint density at radius 3 is 2.08 bits per heavy atom. The maximum Gasteiger partial charge on any atom is 0.285 e. The predicted octanol–water partition coefficient (Wildman–Crippen LogP) is 6.25. The molecule has 0 unspecified atom stereocenters. The van der Waals surface area contributed by atoms with E-state index in [1.54, 1.807) is 26.4 Å². The van der Waals surface area contributed by atoms with E-state index in [0.29, 0.717) is 60.9 Å². The van der Waals surface area contributed by atoms with Gasteiger partial charge in [-0.15, -0.1) is 0 Å². The zero-order valence-corrected chi connectivity index (χ0v) is 23.2. The summed E-state index contributed by atoms with van der Waals surface area (Å²) in [6.07, 6.45) is 0. The molecule has 0 bridgehead atoms. The Kier molecular flexibility index (Phi) is 7.62. The molecule has 0 radical (unpaired) electrons. The molecule has 0 aliphatic carbocycles. The van der Waals surface area contributed by atoms with Gasteiger partial charge in [-0.2, -0.15) is 5.26 Å². The number of methoxy groups -OCH3 is 3. The first-order valence-electron chi connectivity index (χ1n) is 12.3. The Morgan fingerprint density at radius 1 is 0.875 bits per heavy atom. The van der Waals surface area contributed by atoms with E-state index in [4.69, 9.17) is 19.2 Å². The molecule has 3 aromatic carbocycles. The first kappa shape index (κ1) is 26.7. The molecule has 0 saturated heterocycles. The number of benzene rings is 3. The molecule has 200 valence electrons. The monoisotopic (exact) mass is 550 g/mol. The highest BCUT2D eigenvalue weighted by Crippen LogP contribution is 2.44. The molecule has 0 spiro atoms. The minimum atomic E-state index is -0.223. The van der Waals surface area contributed by atoms with E-state index in [0.717, 1.165) is 5.56 Å². The van der Waals surface area contributed by atoms with Crippen molar-refractivity contribution in [2.24, 2.45) is 0 Å². The van der Waals surface area contributed by atoms with Crippen LogP contribution in [0, 0.1) is 18.3 Å². The molecule has 0 atom stereocenters. The second-order valence-electron chi connectivity index (χ2n) is 8.77. The number of hydrogen-bond acceptors (Lipinski definition) is 7. The summed E-state index contributed by atoms with van der Waals surface area (Å²) < 4.78 is 18.1. The lowest BCUT2D eigenvalue weighted by molar-refractivity contribution is 0.324. The van der Waals surface area contributed by atoms with E-state index in [1.165, 1.54) is 23.6 Å². The van der Waals surface area contributed by atoms with E-state index in [2.05, 4.69) is 11.2 Å². The molecule has 0 aliphatic rings. The van der Waals surface area contributed by atoms with Crippen LogP contribution in [0.25, 0.3) is 28.1 Å². The number of aromatic nitrogens is 3. The van der Waals surface area contributed by atoms with Crippen LogP contribution in [0.15, 0.2) is 93.6 Å². The van der Waals surface area contributed by atoms with Crippen LogP contribution in [-0.2, 0) is 0 Å². The molecule has 5 aromatic rings. The first-order valence-corrected chi connectivity index (χ1v) is 13.2. The maximum atomic E-state index is 13.5. The lowest BCUT2D eigenvalue weighted by Crippen LogP contribution is -2.15. The highest BCUT2D eigenvalue weighted by molar-refractivity contribution is 7.99. The Labute approximate surface area is 235 Å². The number of nitrogens with zero attached hydrogens (tertiary/aromatic N) is 3. The molecule has 0 amide bonds. The number of para-hydroxylation sites is 1. The Hall–Kier alpha value is -4.94. The van der Waals surface area contributed by atoms with Crippen LogP contribution >= 0.6 is 11.8 Å². The number of H-pyrrole nitrogens is 1. The SMILES string of the molecule is COc1cc(-c2cc(-c3ccccc3)nc(Sc3c(C)[nH]n(-c4ccccc4)c3=O)c2C#N)cc(OC)c1OC. The van der Waals surface area contributed by atoms with Crippen LogP contribution in [0.3, 0.4) is 0 Å². The van der Waals surface area contributed by atoms with Gasteiger partial charge in [0.25, 0.3) is 5.56 Å². The number of pyridine rings is 1. The average Bonchev–Trinajstić information content (AvgIpc) is 3.29. The number of hydrogen-bond donors (Lipinski definition) is 1. The van der Waals surface area contributed by atoms with Crippen LogP contribution < -0.4 is 19.8 Å². The van der Waals surface area contributed by atoms with Crippen molar-refractivity contribution in [3.8, 4) is 51.4 Å². The average molecular weight is 551 g/mol. The zero-order valence-electron chi connectivity index (χ0n) is 22.4. The molecule has 1 N–H and O–H groups in total. The van der Waals surface area contributed by atoms with E-state index in [1.807, 2.05) is 73.7 Å². The first-order chi connectivity index (χ1) is 19.5. The second kappa shape index (κ2) is 11.4. The number of aromatic amines is 1. The highest BCUT2D eigenvalue weighted by atomic mass is 32.2. The predicted molar refractivity (Wildman–Crippen MR) is 155 cm³/mol. The normalized spacial score (nSPS) is 10.7. The van der Waals surface area contributed by atoms with Gasteiger partial charge in [0.2, 0.25) is 5.75 Å². The summed E-state index contributed by atoms with van der Waals surface area (Å²) in [6.45, 7) is 1.83. The van der Waals surface area contributed by atoms with Gasteiger partial charge in [0, 0.05) is 16.8 Å². The van der Waals surface area contributed by atoms with Crippen molar-refractivity contribution in [1.82, 2.24) is 14.8 Å². The van der Waals surface area contributed by atoms with E-state index in [9.17, 15) is 10.1 Å². The molecule has 9 heteroatoms. The third kappa shape index (κ3) is 4.93. The molecule has 0 fully saturated rings. The van der Waals surface area contributed by atoms with Gasteiger partial charge >= 0.3 is 0 Å². The number of rotatable bonds is 8. The summed E-state index contributed by atoms with van der Waals surface area (Å²) in [5.41, 5.74) is 4.31. The van der Waals surface area contributed by atoms with Crippen LogP contribution in [-0.4, -0.2) is 36.1 Å². The fourth-order valence-corrected chi connectivity index (χ4v) is 5.40. The minimum Gasteiger partial charge on any atom is -0.493 e. The third-order valence-corrected chi connectivity index (χ3v) is 7.55. The van der Waals surface area contributed by atoms with Gasteiger partial charge < -0.3 is 14.2 Å². The van der Waals surface area contributed by atoms with Crippen molar-refractivity contribution in [3.05, 3.63) is 100 Å². The third-order valence-electron chi connectivity index (χ3n) is 6.37. The highest BCUT2D eigenvalue weighted by Gasteiger charge is 2.23. The second-order valence-corrected chi connectivity index (χ2v) is 9.77. The number of nitrogens with one attached hydrogen (secondary N) is 1. The molecule has 8 nitrogen and oxygen atoms in total. The van der Waals surface area contributed by atoms with Gasteiger partial charge in [-0.25, -0.2) is 9.67 Å². The van der Waals surface area contributed by atoms with Crippen molar-refractivity contribution in [3.63, 3.8) is 0 Å². The van der Waals surface area contributed by atoms with Gasteiger partial charge in [0.05, 0.1) is 38.3 Å². The number of ether oxygens (including phenoxy) is 3. The fraction of sp³-hybridized carbons (Fsp3) is 0.129. The van der Waals surface area contributed by atoms with Gasteiger partial charge in [-0.05, 0) is 42.8 Å². The maximum absolute atomic E-state index is 13.5. The Balaban J connectivity index is 1.73. The molecule has 40 heavy (non-hydrogen) atoms. The molecule has 0 saturated carbocycles. The van der Waals surface area contributed by atoms with Crippen molar-refractivity contribution >= 4 is 11.8 Å². The molecule has 0 aliphatic heterocycles. The van der Waals surface area contributed by atoms with Crippen molar-refractivity contribution < 1.29 is 14.2 Å². The van der Waals surface area contributed by atoms with Crippen LogP contribution in [0.5, 0.6) is 17.2 Å². The quantitative estimate of drug-likeness (QED) is 0.244. The van der Waals surface area contributed by atoms with Gasteiger partial charge in [0.15, 0.2) is 11.5 Å². The van der Waals surface area contributed by atoms with Crippen LogP contribution in [0.4, 0.5) is 0 Å². The minimum absolute atomic E-state index is 0.223. The summed E-state index contributed by atoms with van der Waals surface area (Å²) in [5, 5.41) is 14.0. The molecular formula is C31H26N4O4S. The summed E-state index contributed by atoms with van der Waals surface area (Å²) in [6, 6.07) is 26.8. The van der Waals surface area contributed by atoms with Gasteiger partial charge in [-0.3, -0.25) is 9.89 Å². The molecule has 2 heterocycles. The topological polar surface area (TPSA) is 102 Å². The number of nitriles is 1. The smallest absolute Gasteiger partial charge is 0.285 e. The Morgan fingerprint density at radius 2 is 1.50 bits per heavy atom. The van der Waals surface area contributed by atoms with Gasteiger partial charge in [0.1, 0.15) is 16.0 Å². The van der Waals surface area contributed by atoms with Crippen molar-refractivity contribution in [1.29, 1.82) is 5.26 Å². The van der Waals surface area contributed by atoms with Gasteiger partial charge in [-0.1, -0.05) is 60.3 Å². The number of aryl methyl sites for hydroxylation is 1. The summed E-state index contributed by atoms with van der Waals surface area (Å²) in [5.74, 6) is 1.36. The Bertz CT molecular complexity index is 1750. The summed E-state index contributed by atoms with van der Waals surface area (Å²) in [7, 11) is 4.63. The van der Waals surface area contributed by atoms with Crippen LogP contribution in [0.1, 0.15) is 11.3 Å². The van der Waals surface area contributed by atoms with E-state index in [-0.39, 0.29) is 5.56 Å². The summed E-state index contributed by atoms with van der Waals surface area (Å²) in [4.78, 5) is 18.8. The van der Waals surface area contributed by atoms with Crippen molar-refractivity contribution in [2.45, 2.75) is 16.8 Å². The fourth-order valence-electron chi connectivity index (χ4n) is 4.43. The lowest BCUT2D eigenvalue weighted by atomic mass is 9.98. The molecule has 5 rings (SSSR count). The molecule has 2 aromatic heterocycles. The van der Waals surface area contributed by atoms with E-state index < -0.39 is 0 Å². The standard InChI is InChI=1S/C31H26N4O4S/c1-19-29(31(36)35(34-19)22-13-9-6-10-14-22)40-30-24(18-32)23(17-25(33-30)20-11-7-5-8-12-20)21-15-26(37-2)28(39-4)27(16-21)38-3/h5-17,34H,1-4H3. The lowest BCUT2D eigenvalue weighted by Gasteiger charge is -2.16. The van der Waals surface area contributed by atoms with Crippen LogP contribution in [0.2, 0.25) is 0 Å². The molecular weight excluding hydrogens is 524 g/mol. The van der Waals surface area contributed by atoms with Crippen molar-refractivity contribution in [2.75, 3.05) is 21.3 Å². The van der Waals surface area contributed by atoms with E-state index >= 15 is 0 Å². The zero-order chi connectivity index (χ0) is 28.2. The summed E-state index contributed by atoms with van der Waals surface area (Å²) >= 11 is 1.17.